The molecular formula is C14H30N2. The highest BCUT2D eigenvalue weighted by Crippen LogP contribution is 2.22. The summed E-state index contributed by atoms with van der Waals surface area (Å²) in [6.07, 6.45) is 9.74. The van der Waals surface area contributed by atoms with Crippen molar-refractivity contribution in [3.05, 3.63) is 0 Å². The molecule has 96 valence electrons. The maximum Gasteiger partial charge on any atom is 0.00953 e. The summed E-state index contributed by atoms with van der Waals surface area (Å²) in [7, 11) is 0. The summed E-state index contributed by atoms with van der Waals surface area (Å²) in [6.45, 7) is 7.95. The summed E-state index contributed by atoms with van der Waals surface area (Å²) in [5.41, 5.74) is 5.64. The van der Waals surface area contributed by atoms with Gasteiger partial charge in [-0.3, -0.25) is 0 Å². The van der Waals surface area contributed by atoms with Crippen molar-refractivity contribution in [2.45, 2.75) is 64.8 Å². The number of rotatable bonds is 6. The van der Waals surface area contributed by atoms with E-state index in [0.29, 0.717) is 0 Å². The second-order valence-corrected chi connectivity index (χ2v) is 5.68. The lowest BCUT2D eigenvalue weighted by Crippen LogP contribution is -2.39. The first-order valence-corrected chi connectivity index (χ1v) is 7.18. The smallest absolute Gasteiger partial charge is 0.00953 e. The molecule has 1 fully saturated rings. The van der Waals surface area contributed by atoms with Crippen LogP contribution in [0, 0.1) is 5.92 Å². The van der Waals surface area contributed by atoms with Gasteiger partial charge in [-0.05, 0) is 38.3 Å². The predicted octanol–water partition coefficient (Wildman–Crippen LogP) is 3.02. The molecular weight excluding hydrogens is 196 g/mol. The van der Waals surface area contributed by atoms with Gasteiger partial charge in [0.25, 0.3) is 0 Å². The highest BCUT2D eigenvalue weighted by atomic mass is 15.2. The third-order valence-corrected chi connectivity index (χ3v) is 3.59. The highest BCUT2D eigenvalue weighted by Gasteiger charge is 2.20. The zero-order chi connectivity index (χ0) is 11.8. The maximum atomic E-state index is 5.64. The standard InChI is InChI=1S/C14H30N2/c1-13(2)12-16(11-7-10-15)14-8-5-3-4-6-9-14/h13-14H,3-12,15H2,1-2H3. The van der Waals surface area contributed by atoms with Gasteiger partial charge in [0.1, 0.15) is 0 Å². The molecule has 0 saturated heterocycles. The van der Waals surface area contributed by atoms with Crippen molar-refractivity contribution in [3.8, 4) is 0 Å². The number of hydrogen-bond acceptors (Lipinski definition) is 2. The van der Waals surface area contributed by atoms with Crippen molar-refractivity contribution in [2.24, 2.45) is 11.7 Å². The van der Waals surface area contributed by atoms with E-state index in [1.165, 1.54) is 51.6 Å². The van der Waals surface area contributed by atoms with Crippen LogP contribution in [0.25, 0.3) is 0 Å². The van der Waals surface area contributed by atoms with Crippen LogP contribution in [0.4, 0.5) is 0 Å². The van der Waals surface area contributed by atoms with Gasteiger partial charge in [0.05, 0.1) is 0 Å². The van der Waals surface area contributed by atoms with Crippen molar-refractivity contribution in [1.29, 1.82) is 0 Å². The molecule has 1 aliphatic rings. The molecule has 2 nitrogen and oxygen atoms in total. The van der Waals surface area contributed by atoms with Crippen LogP contribution in [0.15, 0.2) is 0 Å². The third-order valence-electron chi connectivity index (χ3n) is 3.59. The molecule has 0 amide bonds. The van der Waals surface area contributed by atoms with Crippen LogP contribution < -0.4 is 5.73 Å². The SMILES string of the molecule is CC(C)CN(CCCN)C1CCCCCC1. The van der Waals surface area contributed by atoms with Crippen molar-refractivity contribution in [3.63, 3.8) is 0 Å². The van der Waals surface area contributed by atoms with Gasteiger partial charge >= 0.3 is 0 Å². The molecule has 1 saturated carbocycles. The van der Waals surface area contributed by atoms with E-state index in [1.54, 1.807) is 0 Å². The van der Waals surface area contributed by atoms with E-state index < -0.39 is 0 Å². The Balaban J connectivity index is 2.43. The lowest BCUT2D eigenvalue weighted by Gasteiger charge is -2.32. The summed E-state index contributed by atoms with van der Waals surface area (Å²) in [6, 6.07) is 0.844. The average Bonchev–Trinajstić information content (AvgIpc) is 2.52. The average molecular weight is 226 g/mol. The van der Waals surface area contributed by atoms with Crippen LogP contribution in [0.3, 0.4) is 0 Å². The summed E-state index contributed by atoms with van der Waals surface area (Å²) >= 11 is 0. The van der Waals surface area contributed by atoms with Crippen LogP contribution in [0.1, 0.15) is 58.8 Å². The third kappa shape index (κ3) is 5.31. The highest BCUT2D eigenvalue weighted by molar-refractivity contribution is 4.75. The molecule has 0 aliphatic heterocycles. The van der Waals surface area contributed by atoms with Crippen LogP contribution in [-0.2, 0) is 0 Å². The monoisotopic (exact) mass is 226 g/mol. The minimum Gasteiger partial charge on any atom is -0.330 e. The molecule has 1 aliphatic carbocycles. The van der Waals surface area contributed by atoms with Gasteiger partial charge in [-0.15, -0.1) is 0 Å². The minimum atomic E-state index is 0.779. The fraction of sp³-hybridized carbons (Fsp3) is 1.00. The number of nitrogens with two attached hydrogens (primary N) is 1. The van der Waals surface area contributed by atoms with Gasteiger partial charge < -0.3 is 10.6 Å². The second-order valence-electron chi connectivity index (χ2n) is 5.68. The predicted molar refractivity (Wildman–Crippen MR) is 71.6 cm³/mol. The van der Waals surface area contributed by atoms with E-state index in [9.17, 15) is 0 Å². The van der Waals surface area contributed by atoms with Gasteiger partial charge in [0.15, 0.2) is 0 Å². The van der Waals surface area contributed by atoms with Crippen LogP contribution >= 0.6 is 0 Å². The van der Waals surface area contributed by atoms with Crippen molar-refractivity contribution >= 4 is 0 Å². The fourth-order valence-corrected chi connectivity index (χ4v) is 2.81. The first-order chi connectivity index (χ1) is 7.74. The van der Waals surface area contributed by atoms with Gasteiger partial charge in [-0.25, -0.2) is 0 Å². The lowest BCUT2D eigenvalue weighted by molar-refractivity contribution is 0.159. The fourth-order valence-electron chi connectivity index (χ4n) is 2.81. The van der Waals surface area contributed by atoms with Crippen molar-refractivity contribution in [1.82, 2.24) is 4.90 Å². The molecule has 0 unspecified atom stereocenters. The second kappa shape index (κ2) is 8.08. The van der Waals surface area contributed by atoms with Crippen LogP contribution in [0.2, 0.25) is 0 Å². The van der Waals surface area contributed by atoms with Gasteiger partial charge in [0, 0.05) is 12.6 Å². The maximum absolute atomic E-state index is 5.64. The van der Waals surface area contributed by atoms with E-state index in [-0.39, 0.29) is 0 Å². The molecule has 0 spiro atoms. The zero-order valence-electron chi connectivity index (χ0n) is 11.3. The quantitative estimate of drug-likeness (QED) is 0.705. The Kier molecular flexibility index (Phi) is 7.06. The molecule has 0 heterocycles. The van der Waals surface area contributed by atoms with E-state index in [0.717, 1.165) is 24.9 Å². The Bertz CT molecular complexity index is 160. The topological polar surface area (TPSA) is 29.3 Å². The van der Waals surface area contributed by atoms with E-state index in [2.05, 4.69) is 18.7 Å². The molecule has 0 atom stereocenters. The summed E-state index contributed by atoms with van der Waals surface area (Å²) in [5, 5.41) is 0. The summed E-state index contributed by atoms with van der Waals surface area (Å²) in [4.78, 5) is 2.71. The summed E-state index contributed by atoms with van der Waals surface area (Å²) < 4.78 is 0. The number of nitrogens with zero attached hydrogens (tertiary/aromatic N) is 1. The van der Waals surface area contributed by atoms with Gasteiger partial charge in [-0.2, -0.15) is 0 Å². The van der Waals surface area contributed by atoms with E-state index in [1.807, 2.05) is 0 Å². The van der Waals surface area contributed by atoms with Crippen LogP contribution in [-0.4, -0.2) is 30.6 Å². The Morgan fingerprint density at radius 3 is 2.25 bits per heavy atom. The molecule has 16 heavy (non-hydrogen) atoms. The molecule has 2 N–H and O–H groups in total. The molecule has 0 radical (unpaired) electrons. The van der Waals surface area contributed by atoms with Crippen molar-refractivity contribution in [2.75, 3.05) is 19.6 Å². The van der Waals surface area contributed by atoms with Crippen LogP contribution in [0.5, 0.6) is 0 Å². The number of hydrogen-bond donors (Lipinski definition) is 1. The molecule has 0 aromatic rings. The molecule has 0 aromatic carbocycles. The minimum absolute atomic E-state index is 0.779. The van der Waals surface area contributed by atoms with E-state index in [4.69, 9.17) is 5.73 Å². The first-order valence-electron chi connectivity index (χ1n) is 7.18. The summed E-state index contributed by atoms with van der Waals surface area (Å²) in [5.74, 6) is 0.779. The Labute approximate surface area is 102 Å². The van der Waals surface area contributed by atoms with Gasteiger partial charge in [-0.1, -0.05) is 39.5 Å². The Morgan fingerprint density at radius 1 is 1.12 bits per heavy atom. The lowest BCUT2D eigenvalue weighted by atomic mass is 10.0. The van der Waals surface area contributed by atoms with Gasteiger partial charge in [0.2, 0.25) is 0 Å². The molecule has 2 heteroatoms. The molecule has 1 rings (SSSR count). The Morgan fingerprint density at radius 2 is 1.75 bits per heavy atom. The first kappa shape index (κ1) is 14.0. The largest absolute Gasteiger partial charge is 0.330 e. The zero-order valence-corrected chi connectivity index (χ0v) is 11.3. The normalized spacial score (nSPS) is 19.3. The molecule has 0 aromatic heterocycles. The molecule has 0 bridgehead atoms. The van der Waals surface area contributed by atoms with Crippen molar-refractivity contribution < 1.29 is 0 Å². The Hall–Kier alpha value is -0.0800. The van der Waals surface area contributed by atoms with E-state index >= 15 is 0 Å².